The number of hydrogen-bond acceptors (Lipinski definition) is 4. The summed E-state index contributed by atoms with van der Waals surface area (Å²) in [6, 6.07) is 0. The Bertz CT molecular complexity index is 403. The summed E-state index contributed by atoms with van der Waals surface area (Å²) >= 11 is 3.46. The number of nitrogens with two attached hydrogens (primary N) is 1. The van der Waals surface area contributed by atoms with E-state index in [1.54, 1.807) is 0 Å². The molecule has 0 aliphatic carbocycles. The van der Waals surface area contributed by atoms with E-state index < -0.39 is 0 Å². The molecule has 0 spiro atoms. The molecule has 0 amide bonds. The average molecular weight is 300 g/mol. The lowest BCUT2D eigenvalue weighted by molar-refractivity contribution is 0.105. The lowest BCUT2D eigenvalue weighted by atomic mass is 10.1. The number of rotatable bonds is 3. The Balaban J connectivity index is 2.31. The summed E-state index contributed by atoms with van der Waals surface area (Å²) in [5, 5.41) is 0. The van der Waals surface area contributed by atoms with Crippen LogP contribution in [0.1, 0.15) is 44.3 Å². The van der Waals surface area contributed by atoms with Crippen molar-refractivity contribution in [1.82, 2.24) is 9.97 Å². The van der Waals surface area contributed by atoms with E-state index in [2.05, 4.69) is 39.7 Å². The molecule has 1 aliphatic rings. The fraction of sp³-hybridized carbons (Fsp3) is 0.667. The molecule has 1 saturated heterocycles. The maximum absolute atomic E-state index is 5.91. The second-order valence-electron chi connectivity index (χ2n) is 4.83. The first-order valence-electron chi connectivity index (χ1n) is 6.01. The summed E-state index contributed by atoms with van der Waals surface area (Å²) in [6.07, 6.45) is 2.98. The van der Waals surface area contributed by atoms with Crippen LogP contribution >= 0.6 is 15.9 Å². The standard InChI is InChI=1S/C12H18BrN3O/c1-7(2)6-8-10(13)11(14)16-12(15-8)9-4-3-5-17-9/h7,9H,3-6H2,1-2H3,(H2,14,15,16). The van der Waals surface area contributed by atoms with Crippen LogP contribution < -0.4 is 5.73 Å². The van der Waals surface area contributed by atoms with Gasteiger partial charge in [-0.3, -0.25) is 0 Å². The number of ether oxygens (including phenoxy) is 1. The van der Waals surface area contributed by atoms with Crippen molar-refractivity contribution >= 4 is 21.7 Å². The Morgan fingerprint density at radius 3 is 2.82 bits per heavy atom. The van der Waals surface area contributed by atoms with Crippen molar-refractivity contribution in [2.24, 2.45) is 5.92 Å². The van der Waals surface area contributed by atoms with Gasteiger partial charge in [0.15, 0.2) is 5.82 Å². The van der Waals surface area contributed by atoms with Crippen LogP contribution in [-0.4, -0.2) is 16.6 Å². The number of nitrogens with zero attached hydrogens (tertiary/aromatic N) is 2. The molecule has 2 heterocycles. The van der Waals surface area contributed by atoms with Gasteiger partial charge in [-0.25, -0.2) is 9.97 Å². The number of anilines is 1. The molecule has 1 atom stereocenters. The van der Waals surface area contributed by atoms with Gasteiger partial charge in [-0.1, -0.05) is 13.8 Å². The fourth-order valence-corrected chi connectivity index (χ4v) is 2.32. The van der Waals surface area contributed by atoms with Gasteiger partial charge in [0.25, 0.3) is 0 Å². The molecule has 0 bridgehead atoms. The minimum absolute atomic E-state index is 0.0244. The third kappa shape index (κ3) is 2.96. The van der Waals surface area contributed by atoms with Gasteiger partial charge in [0.05, 0.1) is 10.2 Å². The first-order valence-corrected chi connectivity index (χ1v) is 6.80. The molecule has 1 unspecified atom stereocenters. The van der Waals surface area contributed by atoms with Crippen molar-refractivity contribution in [2.45, 2.75) is 39.2 Å². The van der Waals surface area contributed by atoms with Crippen LogP contribution in [0, 0.1) is 5.92 Å². The molecule has 0 aromatic carbocycles. The quantitative estimate of drug-likeness (QED) is 0.932. The van der Waals surface area contributed by atoms with E-state index in [9.17, 15) is 0 Å². The molecule has 17 heavy (non-hydrogen) atoms. The summed E-state index contributed by atoms with van der Waals surface area (Å²) in [4.78, 5) is 8.91. The SMILES string of the molecule is CC(C)Cc1nc(C2CCCO2)nc(N)c1Br. The van der Waals surface area contributed by atoms with Gasteiger partial charge in [-0.05, 0) is 41.1 Å². The highest BCUT2D eigenvalue weighted by Gasteiger charge is 2.22. The minimum atomic E-state index is 0.0244. The van der Waals surface area contributed by atoms with Crippen LogP contribution in [0.25, 0.3) is 0 Å². The third-order valence-corrected chi connectivity index (χ3v) is 3.65. The average Bonchev–Trinajstić information content (AvgIpc) is 2.77. The Morgan fingerprint density at radius 1 is 1.47 bits per heavy atom. The van der Waals surface area contributed by atoms with E-state index in [1.165, 1.54) is 0 Å². The molecule has 0 saturated carbocycles. The van der Waals surface area contributed by atoms with Crippen molar-refractivity contribution in [3.8, 4) is 0 Å². The monoisotopic (exact) mass is 299 g/mol. The second-order valence-corrected chi connectivity index (χ2v) is 5.62. The van der Waals surface area contributed by atoms with Crippen molar-refractivity contribution in [3.05, 3.63) is 16.0 Å². The summed E-state index contributed by atoms with van der Waals surface area (Å²) < 4.78 is 6.42. The largest absolute Gasteiger partial charge is 0.383 e. The molecule has 5 heteroatoms. The Kier molecular flexibility index (Phi) is 3.99. The first kappa shape index (κ1) is 12.8. The van der Waals surface area contributed by atoms with Gasteiger partial charge < -0.3 is 10.5 Å². The highest BCUT2D eigenvalue weighted by atomic mass is 79.9. The number of nitrogen functional groups attached to an aromatic ring is 1. The topological polar surface area (TPSA) is 61.0 Å². The molecule has 0 radical (unpaired) electrons. The van der Waals surface area contributed by atoms with Crippen LogP contribution in [0.2, 0.25) is 0 Å². The zero-order valence-electron chi connectivity index (χ0n) is 10.2. The summed E-state index contributed by atoms with van der Waals surface area (Å²) in [5.41, 5.74) is 6.90. The van der Waals surface area contributed by atoms with E-state index in [0.717, 1.165) is 41.9 Å². The van der Waals surface area contributed by atoms with E-state index in [4.69, 9.17) is 10.5 Å². The van der Waals surface area contributed by atoms with Crippen molar-refractivity contribution in [2.75, 3.05) is 12.3 Å². The number of hydrogen-bond donors (Lipinski definition) is 1. The van der Waals surface area contributed by atoms with E-state index in [1.807, 2.05) is 0 Å². The van der Waals surface area contributed by atoms with E-state index >= 15 is 0 Å². The molecule has 4 nitrogen and oxygen atoms in total. The van der Waals surface area contributed by atoms with E-state index in [0.29, 0.717) is 11.7 Å². The zero-order chi connectivity index (χ0) is 12.4. The molecular weight excluding hydrogens is 282 g/mol. The van der Waals surface area contributed by atoms with Gasteiger partial charge in [-0.15, -0.1) is 0 Å². The van der Waals surface area contributed by atoms with Crippen molar-refractivity contribution in [3.63, 3.8) is 0 Å². The van der Waals surface area contributed by atoms with E-state index in [-0.39, 0.29) is 6.10 Å². The van der Waals surface area contributed by atoms with Gasteiger partial charge in [0, 0.05) is 6.61 Å². The third-order valence-electron chi connectivity index (χ3n) is 2.78. The van der Waals surface area contributed by atoms with Gasteiger partial charge in [0.1, 0.15) is 11.9 Å². The first-order chi connectivity index (χ1) is 8.08. The molecule has 2 rings (SSSR count). The smallest absolute Gasteiger partial charge is 0.159 e. The predicted octanol–water partition coefficient (Wildman–Crippen LogP) is 2.87. The van der Waals surface area contributed by atoms with Crippen molar-refractivity contribution < 1.29 is 4.74 Å². The molecule has 1 aliphatic heterocycles. The normalized spacial score (nSPS) is 20.1. The fourth-order valence-electron chi connectivity index (χ4n) is 1.98. The number of aromatic nitrogens is 2. The Labute approximate surface area is 110 Å². The lowest BCUT2D eigenvalue weighted by Crippen LogP contribution is -2.10. The van der Waals surface area contributed by atoms with Gasteiger partial charge >= 0.3 is 0 Å². The number of halogens is 1. The lowest BCUT2D eigenvalue weighted by Gasteiger charge is -2.13. The second kappa shape index (κ2) is 5.31. The van der Waals surface area contributed by atoms with Crippen LogP contribution in [0.5, 0.6) is 0 Å². The molecule has 94 valence electrons. The highest BCUT2D eigenvalue weighted by molar-refractivity contribution is 9.10. The zero-order valence-corrected chi connectivity index (χ0v) is 11.8. The molecule has 1 aromatic heterocycles. The van der Waals surface area contributed by atoms with Crippen LogP contribution in [0.4, 0.5) is 5.82 Å². The van der Waals surface area contributed by atoms with Crippen LogP contribution in [-0.2, 0) is 11.2 Å². The Morgan fingerprint density at radius 2 is 2.24 bits per heavy atom. The highest BCUT2D eigenvalue weighted by Crippen LogP contribution is 2.30. The minimum Gasteiger partial charge on any atom is -0.383 e. The molecule has 1 aromatic rings. The van der Waals surface area contributed by atoms with Crippen molar-refractivity contribution in [1.29, 1.82) is 0 Å². The summed E-state index contributed by atoms with van der Waals surface area (Å²) in [6.45, 7) is 5.12. The van der Waals surface area contributed by atoms with Gasteiger partial charge in [-0.2, -0.15) is 0 Å². The van der Waals surface area contributed by atoms with Crippen LogP contribution in [0.3, 0.4) is 0 Å². The molecule has 1 fully saturated rings. The maximum Gasteiger partial charge on any atom is 0.159 e. The van der Waals surface area contributed by atoms with Gasteiger partial charge in [0.2, 0.25) is 0 Å². The maximum atomic E-state index is 5.91. The summed E-state index contributed by atoms with van der Waals surface area (Å²) in [7, 11) is 0. The van der Waals surface area contributed by atoms with Crippen LogP contribution in [0.15, 0.2) is 4.47 Å². The molecular formula is C12H18BrN3O. The summed E-state index contributed by atoms with van der Waals surface area (Å²) in [5.74, 6) is 1.79. The molecule has 2 N–H and O–H groups in total. The predicted molar refractivity (Wildman–Crippen MR) is 70.6 cm³/mol. The Hall–Kier alpha value is -0.680.